The number of benzene rings is 1. The van der Waals surface area contributed by atoms with Crippen LogP contribution in [-0.4, -0.2) is 43.4 Å². The Morgan fingerprint density at radius 2 is 2.26 bits per heavy atom. The molecule has 0 atom stereocenters. The van der Waals surface area contributed by atoms with Crippen molar-refractivity contribution in [2.45, 2.75) is 0 Å². The number of nitrogens with one attached hydrogen (secondary N) is 1. The summed E-state index contributed by atoms with van der Waals surface area (Å²) in [5.74, 6) is 1.52. The third-order valence-corrected chi connectivity index (χ3v) is 3.57. The molecule has 0 aromatic heterocycles. The van der Waals surface area contributed by atoms with Crippen LogP contribution in [0.25, 0.3) is 0 Å². The van der Waals surface area contributed by atoms with Crippen LogP contribution in [0.1, 0.15) is 5.56 Å². The van der Waals surface area contributed by atoms with E-state index < -0.39 is 0 Å². The molecule has 1 aliphatic rings. The van der Waals surface area contributed by atoms with Crippen molar-refractivity contribution >= 4 is 29.1 Å². The van der Waals surface area contributed by atoms with Crippen molar-refractivity contribution in [1.82, 2.24) is 5.32 Å². The van der Waals surface area contributed by atoms with E-state index in [0.717, 1.165) is 5.56 Å². The van der Waals surface area contributed by atoms with Gasteiger partial charge < -0.3 is 19.5 Å². The summed E-state index contributed by atoms with van der Waals surface area (Å²) < 4.78 is 15.8. The van der Waals surface area contributed by atoms with Crippen LogP contribution in [0.2, 0.25) is 0 Å². The molecular weight excluding hydrogens is 318 g/mol. The minimum absolute atomic E-state index is 0.0624. The highest BCUT2D eigenvalue weighted by Gasteiger charge is 2.15. The molecular formula is C15H17N3O4S. The molecule has 1 aromatic rings. The molecule has 1 fully saturated rings. The molecule has 0 saturated carbocycles. The lowest BCUT2D eigenvalue weighted by atomic mass is 10.2. The molecule has 7 nitrogen and oxygen atoms in total. The number of carbonyl (C=O) groups is 1. The number of methoxy groups -OCH3 is 1. The Bertz CT molecular complexity index is 631. The Kier molecular flexibility index (Phi) is 6.49. The van der Waals surface area contributed by atoms with Gasteiger partial charge in [-0.3, -0.25) is 4.79 Å². The Balaban J connectivity index is 1.97. The first-order valence-electron chi connectivity index (χ1n) is 6.80. The summed E-state index contributed by atoms with van der Waals surface area (Å²) in [6, 6.07) is 5.40. The van der Waals surface area contributed by atoms with Crippen molar-refractivity contribution < 1.29 is 19.0 Å². The van der Waals surface area contributed by atoms with Crippen LogP contribution in [-0.2, 0) is 9.53 Å². The maximum absolute atomic E-state index is 11.0. The summed E-state index contributed by atoms with van der Waals surface area (Å²) in [5.41, 5.74) is 0.801. The number of hydrogen-bond donors (Lipinski definition) is 1. The molecule has 8 heteroatoms. The van der Waals surface area contributed by atoms with Gasteiger partial charge in [0.15, 0.2) is 16.7 Å². The Labute approximate surface area is 138 Å². The molecule has 1 saturated heterocycles. The zero-order valence-electron chi connectivity index (χ0n) is 12.7. The summed E-state index contributed by atoms with van der Waals surface area (Å²) in [6.45, 7) is 4.26. The maximum atomic E-state index is 11.0. The van der Waals surface area contributed by atoms with Crippen LogP contribution in [0.4, 0.5) is 0 Å². The average molecular weight is 335 g/mol. The number of rotatable bonds is 8. The van der Waals surface area contributed by atoms with Gasteiger partial charge in [-0.05, 0) is 23.8 Å². The molecule has 1 aliphatic heterocycles. The van der Waals surface area contributed by atoms with E-state index in [-0.39, 0.29) is 5.91 Å². The molecule has 0 bridgehead atoms. The molecule has 1 amide bonds. The van der Waals surface area contributed by atoms with E-state index in [1.807, 2.05) is 6.07 Å². The molecule has 1 heterocycles. The monoisotopic (exact) mass is 335 g/mol. The first-order valence-corrected chi connectivity index (χ1v) is 7.78. The molecule has 1 aromatic carbocycles. The number of amidine groups is 1. The van der Waals surface area contributed by atoms with Gasteiger partial charge in [-0.1, -0.05) is 18.3 Å². The predicted octanol–water partition coefficient (Wildman–Crippen LogP) is 1.79. The second kappa shape index (κ2) is 8.84. The third kappa shape index (κ3) is 5.33. The summed E-state index contributed by atoms with van der Waals surface area (Å²) in [6.07, 6.45) is 2.94. The Morgan fingerprint density at radius 3 is 2.96 bits per heavy atom. The zero-order valence-corrected chi connectivity index (χ0v) is 13.5. The van der Waals surface area contributed by atoms with Crippen molar-refractivity contribution in [2.24, 2.45) is 10.2 Å². The summed E-state index contributed by atoms with van der Waals surface area (Å²) in [4.78, 5) is 11.0. The minimum Gasteiger partial charge on any atom is -0.498 e. The molecule has 0 aliphatic carbocycles. The number of carbonyl (C=O) groups excluding carboxylic acids is 1. The van der Waals surface area contributed by atoms with Crippen molar-refractivity contribution in [1.29, 1.82) is 0 Å². The number of nitrogens with zero attached hydrogens (tertiary/aromatic N) is 2. The summed E-state index contributed by atoms with van der Waals surface area (Å²) >= 11 is 1.32. The van der Waals surface area contributed by atoms with Gasteiger partial charge in [-0.25, -0.2) is 0 Å². The van der Waals surface area contributed by atoms with Gasteiger partial charge in [0.2, 0.25) is 5.91 Å². The molecule has 122 valence electrons. The molecule has 0 spiro atoms. The largest absolute Gasteiger partial charge is 0.498 e. The van der Waals surface area contributed by atoms with E-state index >= 15 is 0 Å². The van der Waals surface area contributed by atoms with Crippen LogP contribution < -0.4 is 14.8 Å². The van der Waals surface area contributed by atoms with Crippen molar-refractivity contribution in [2.75, 3.05) is 26.1 Å². The topological polar surface area (TPSA) is 81.5 Å². The van der Waals surface area contributed by atoms with Crippen molar-refractivity contribution in [3.63, 3.8) is 0 Å². The van der Waals surface area contributed by atoms with E-state index in [0.29, 0.717) is 35.6 Å². The fourth-order valence-corrected chi connectivity index (χ4v) is 2.32. The van der Waals surface area contributed by atoms with Gasteiger partial charge in [-0.15, -0.1) is 5.10 Å². The van der Waals surface area contributed by atoms with E-state index in [2.05, 4.69) is 22.1 Å². The Morgan fingerprint density at radius 1 is 1.39 bits per heavy atom. The van der Waals surface area contributed by atoms with Gasteiger partial charge in [0.1, 0.15) is 13.2 Å². The molecule has 0 radical (unpaired) electrons. The Hall–Kier alpha value is -2.48. The van der Waals surface area contributed by atoms with Gasteiger partial charge >= 0.3 is 0 Å². The number of ether oxygens (including phenoxy) is 3. The quantitative estimate of drug-likeness (QED) is 0.339. The SMILES string of the molecule is C=COCCOc1ccc(C=NN=C2NC(=O)CS2)cc1OC. The van der Waals surface area contributed by atoms with Gasteiger partial charge in [0.25, 0.3) is 0 Å². The lowest BCUT2D eigenvalue weighted by molar-refractivity contribution is -0.116. The third-order valence-electron chi connectivity index (χ3n) is 2.71. The lowest BCUT2D eigenvalue weighted by Gasteiger charge is -2.10. The highest BCUT2D eigenvalue weighted by Crippen LogP contribution is 2.27. The standard InChI is InChI=1S/C15H17N3O4S/c1-3-21-6-7-22-12-5-4-11(8-13(12)20-2)9-16-18-15-17-14(19)10-23-15/h3-5,8-9H,1,6-7,10H2,2H3,(H,17,18,19). The molecule has 0 unspecified atom stereocenters. The zero-order chi connectivity index (χ0) is 16.5. The summed E-state index contributed by atoms with van der Waals surface area (Å²) in [7, 11) is 1.56. The smallest absolute Gasteiger partial charge is 0.236 e. The van der Waals surface area contributed by atoms with E-state index in [1.165, 1.54) is 18.0 Å². The number of thioether (sulfide) groups is 1. The second-order valence-corrected chi connectivity index (χ2v) is 5.25. The van der Waals surface area contributed by atoms with Crippen LogP contribution in [0.3, 0.4) is 0 Å². The van der Waals surface area contributed by atoms with Crippen LogP contribution in [0, 0.1) is 0 Å². The van der Waals surface area contributed by atoms with E-state index in [4.69, 9.17) is 14.2 Å². The highest BCUT2D eigenvalue weighted by molar-refractivity contribution is 8.15. The first kappa shape index (κ1) is 16.9. The van der Waals surface area contributed by atoms with Crippen LogP contribution in [0.15, 0.2) is 41.2 Å². The number of amides is 1. The molecule has 2 rings (SSSR count). The minimum atomic E-state index is -0.0624. The first-order chi connectivity index (χ1) is 11.2. The maximum Gasteiger partial charge on any atom is 0.236 e. The fourth-order valence-electron chi connectivity index (χ4n) is 1.69. The van der Waals surface area contributed by atoms with Crippen LogP contribution >= 0.6 is 11.8 Å². The molecule has 1 N–H and O–H groups in total. The van der Waals surface area contributed by atoms with Gasteiger partial charge in [0.05, 0.1) is 25.3 Å². The normalized spacial score (nSPS) is 15.7. The van der Waals surface area contributed by atoms with E-state index in [9.17, 15) is 4.79 Å². The van der Waals surface area contributed by atoms with E-state index in [1.54, 1.807) is 25.5 Å². The second-order valence-electron chi connectivity index (χ2n) is 4.28. The number of hydrogen-bond acceptors (Lipinski definition) is 7. The predicted molar refractivity (Wildman–Crippen MR) is 90.3 cm³/mol. The van der Waals surface area contributed by atoms with Gasteiger partial charge in [0, 0.05) is 0 Å². The average Bonchev–Trinajstić information content (AvgIpc) is 2.97. The lowest BCUT2D eigenvalue weighted by Crippen LogP contribution is -2.19. The highest BCUT2D eigenvalue weighted by atomic mass is 32.2. The van der Waals surface area contributed by atoms with Gasteiger partial charge in [-0.2, -0.15) is 5.10 Å². The fraction of sp³-hybridized carbons (Fsp3) is 0.267. The summed E-state index contributed by atoms with van der Waals surface area (Å²) in [5, 5.41) is 11.0. The molecule has 23 heavy (non-hydrogen) atoms. The van der Waals surface area contributed by atoms with Crippen molar-refractivity contribution in [3.05, 3.63) is 36.6 Å². The van der Waals surface area contributed by atoms with Crippen LogP contribution in [0.5, 0.6) is 11.5 Å². The van der Waals surface area contributed by atoms with Crippen molar-refractivity contribution in [3.8, 4) is 11.5 Å².